The van der Waals surface area contributed by atoms with E-state index >= 15 is 0 Å². The number of anilines is 2. The van der Waals surface area contributed by atoms with Crippen LogP contribution in [0.1, 0.15) is 9.88 Å². The van der Waals surface area contributed by atoms with Gasteiger partial charge in [-0.05, 0) is 6.92 Å². The molecule has 0 atom stereocenters. The van der Waals surface area contributed by atoms with E-state index in [1.165, 1.54) is 11.2 Å². The molecule has 2 aromatic heterocycles. The topological polar surface area (TPSA) is 88.8 Å². The van der Waals surface area contributed by atoms with E-state index in [4.69, 9.17) is 5.84 Å². The molecule has 16 heavy (non-hydrogen) atoms. The summed E-state index contributed by atoms with van der Waals surface area (Å²) < 4.78 is 0. The Balaban J connectivity index is 1.99. The molecule has 84 valence electrons. The first-order valence-electron chi connectivity index (χ1n) is 4.72. The minimum absolute atomic E-state index is 0.581. The molecule has 0 saturated carbocycles. The predicted molar refractivity (Wildman–Crippen MR) is 64.0 cm³/mol. The lowest BCUT2D eigenvalue weighted by atomic mass is 10.5. The minimum Gasteiger partial charge on any atom is -0.365 e. The van der Waals surface area contributed by atoms with E-state index in [1.54, 1.807) is 17.4 Å². The van der Waals surface area contributed by atoms with E-state index in [2.05, 4.69) is 25.7 Å². The maximum absolute atomic E-state index is 5.25. The second-order valence-electron chi connectivity index (χ2n) is 3.13. The summed E-state index contributed by atoms with van der Waals surface area (Å²) in [6, 6.07) is 1.74. The molecule has 6 nitrogen and oxygen atoms in total. The van der Waals surface area contributed by atoms with E-state index in [0.717, 1.165) is 10.8 Å². The molecule has 0 aliphatic rings. The third-order valence-corrected chi connectivity index (χ3v) is 2.84. The normalized spacial score (nSPS) is 10.1. The van der Waals surface area contributed by atoms with Crippen molar-refractivity contribution in [2.24, 2.45) is 5.84 Å². The smallest absolute Gasteiger partial charge is 0.145 e. The number of nitrogens with zero attached hydrogens (tertiary/aromatic N) is 3. The van der Waals surface area contributed by atoms with Crippen LogP contribution in [0.3, 0.4) is 0 Å². The van der Waals surface area contributed by atoms with Crippen LogP contribution in [0.15, 0.2) is 18.6 Å². The van der Waals surface area contributed by atoms with Crippen LogP contribution in [-0.2, 0) is 6.54 Å². The van der Waals surface area contributed by atoms with Gasteiger partial charge < -0.3 is 10.7 Å². The number of hydrogen-bond acceptors (Lipinski definition) is 7. The van der Waals surface area contributed by atoms with Crippen LogP contribution in [0, 0.1) is 6.92 Å². The number of nitrogen functional groups attached to an aromatic ring is 1. The second kappa shape index (κ2) is 4.86. The molecule has 2 aromatic rings. The summed E-state index contributed by atoms with van der Waals surface area (Å²) in [6.07, 6.45) is 3.31. The Labute approximate surface area is 96.9 Å². The Bertz CT molecular complexity index is 469. The van der Waals surface area contributed by atoms with Crippen molar-refractivity contribution in [2.75, 3.05) is 10.7 Å². The highest BCUT2D eigenvalue weighted by Gasteiger charge is 2.00. The largest absolute Gasteiger partial charge is 0.365 e. The summed E-state index contributed by atoms with van der Waals surface area (Å²) in [4.78, 5) is 13.3. The van der Waals surface area contributed by atoms with E-state index in [0.29, 0.717) is 12.4 Å². The third-order valence-electron chi connectivity index (χ3n) is 1.93. The van der Waals surface area contributed by atoms with Gasteiger partial charge in [0.1, 0.15) is 18.0 Å². The predicted octanol–water partition coefficient (Wildman–Crippen LogP) is 1.14. The molecule has 0 aromatic carbocycles. The van der Waals surface area contributed by atoms with Gasteiger partial charge in [-0.1, -0.05) is 0 Å². The summed E-state index contributed by atoms with van der Waals surface area (Å²) in [5.74, 6) is 6.57. The summed E-state index contributed by atoms with van der Waals surface area (Å²) in [6.45, 7) is 2.68. The molecule has 0 fully saturated rings. The first-order valence-corrected chi connectivity index (χ1v) is 5.53. The molecular formula is C9H12N6S. The van der Waals surface area contributed by atoms with Crippen LogP contribution in [0.4, 0.5) is 11.6 Å². The lowest BCUT2D eigenvalue weighted by Crippen LogP contribution is -2.09. The minimum atomic E-state index is 0.581. The fraction of sp³-hybridized carbons (Fsp3) is 0.222. The molecule has 0 spiro atoms. The first kappa shape index (κ1) is 10.8. The Morgan fingerprint density at radius 2 is 2.12 bits per heavy atom. The molecule has 4 N–H and O–H groups in total. The van der Waals surface area contributed by atoms with Crippen molar-refractivity contribution in [3.05, 3.63) is 28.5 Å². The molecule has 7 heteroatoms. The highest BCUT2D eigenvalue weighted by atomic mass is 32.1. The van der Waals surface area contributed by atoms with Crippen LogP contribution in [0.25, 0.3) is 0 Å². The van der Waals surface area contributed by atoms with Crippen LogP contribution in [-0.4, -0.2) is 15.0 Å². The zero-order valence-electron chi connectivity index (χ0n) is 8.77. The Hall–Kier alpha value is -1.73. The number of hydrogen-bond donors (Lipinski definition) is 3. The van der Waals surface area contributed by atoms with Crippen molar-refractivity contribution >= 4 is 23.0 Å². The van der Waals surface area contributed by atoms with Gasteiger partial charge in [0.2, 0.25) is 0 Å². The lowest BCUT2D eigenvalue weighted by molar-refractivity contribution is 1.08. The number of aryl methyl sites for hydroxylation is 1. The van der Waals surface area contributed by atoms with Gasteiger partial charge >= 0.3 is 0 Å². The molecule has 0 radical (unpaired) electrons. The number of rotatable bonds is 4. The van der Waals surface area contributed by atoms with E-state index in [9.17, 15) is 0 Å². The Kier molecular flexibility index (Phi) is 3.28. The monoisotopic (exact) mass is 236 g/mol. The van der Waals surface area contributed by atoms with Crippen molar-refractivity contribution in [1.29, 1.82) is 0 Å². The highest BCUT2D eigenvalue weighted by Crippen LogP contribution is 2.14. The number of thiazole rings is 1. The molecule has 0 aliphatic heterocycles. The average Bonchev–Trinajstić information content (AvgIpc) is 2.73. The third kappa shape index (κ3) is 2.65. The summed E-state index contributed by atoms with van der Waals surface area (Å²) in [7, 11) is 0. The van der Waals surface area contributed by atoms with Crippen molar-refractivity contribution in [1.82, 2.24) is 15.0 Å². The molecule has 0 aliphatic carbocycles. The fourth-order valence-corrected chi connectivity index (χ4v) is 1.93. The molecule has 2 rings (SSSR count). The number of hydrazine groups is 1. The number of nitrogens with one attached hydrogen (secondary N) is 2. The highest BCUT2D eigenvalue weighted by molar-refractivity contribution is 7.11. The van der Waals surface area contributed by atoms with Crippen molar-refractivity contribution in [3.63, 3.8) is 0 Å². The molecule has 0 amide bonds. The molecule has 0 unspecified atom stereocenters. The van der Waals surface area contributed by atoms with Crippen molar-refractivity contribution in [2.45, 2.75) is 13.5 Å². The molecule has 2 heterocycles. The van der Waals surface area contributed by atoms with Gasteiger partial charge in [0.15, 0.2) is 0 Å². The maximum Gasteiger partial charge on any atom is 0.145 e. The Morgan fingerprint density at radius 3 is 2.81 bits per heavy atom. The van der Waals surface area contributed by atoms with Crippen LogP contribution in [0.2, 0.25) is 0 Å². The molecule has 0 bridgehead atoms. The zero-order valence-corrected chi connectivity index (χ0v) is 9.58. The van der Waals surface area contributed by atoms with Gasteiger partial charge in [0.05, 0.1) is 11.6 Å². The second-order valence-corrected chi connectivity index (χ2v) is 4.45. The summed E-state index contributed by atoms with van der Waals surface area (Å²) in [5.41, 5.74) is 2.47. The standard InChI is InChI=1S/C9H12N6S/c1-6-11-3-7(16-6)4-12-8-2-9(15-10)14-5-13-8/h2-3,5H,4,10H2,1H3,(H2,12,13,14,15). The first-order chi connectivity index (χ1) is 7.78. The van der Waals surface area contributed by atoms with Crippen LogP contribution in [0.5, 0.6) is 0 Å². The van der Waals surface area contributed by atoms with Gasteiger partial charge in [0, 0.05) is 17.1 Å². The zero-order chi connectivity index (χ0) is 11.4. The van der Waals surface area contributed by atoms with Gasteiger partial charge in [-0.25, -0.2) is 20.8 Å². The van der Waals surface area contributed by atoms with E-state index in [1.807, 2.05) is 13.1 Å². The van der Waals surface area contributed by atoms with Crippen molar-refractivity contribution < 1.29 is 0 Å². The molecular weight excluding hydrogens is 224 g/mol. The maximum atomic E-state index is 5.25. The molecule has 0 saturated heterocycles. The summed E-state index contributed by atoms with van der Waals surface area (Å²) in [5, 5.41) is 4.23. The van der Waals surface area contributed by atoms with Gasteiger partial charge in [-0.2, -0.15) is 0 Å². The van der Waals surface area contributed by atoms with Crippen LogP contribution >= 0.6 is 11.3 Å². The fourth-order valence-electron chi connectivity index (χ4n) is 1.20. The van der Waals surface area contributed by atoms with Crippen LogP contribution < -0.4 is 16.6 Å². The van der Waals surface area contributed by atoms with E-state index in [-0.39, 0.29) is 0 Å². The SMILES string of the molecule is Cc1ncc(CNc2cc(NN)ncn2)s1. The lowest BCUT2D eigenvalue weighted by Gasteiger charge is -2.04. The van der Waals surface area contributed by atoms with Gasteiger partial charge in [-0.3, -0.25) is 0 Å². The number of nitrogens with two attached hydrogens (primary N) is 1. The van der Waals surface area contributed by atoms with Crippen molar-refractivity contribution in [3.8, 4) is 0 Å². The average molecular weight is 236 g/mol. The number of aromatic nitrogens is 3. The van der Waals surface area contributed by atoms with E-state index < -0.39 is 0 Å². The summed E-state index contributed by atoms with van der Waals surface area (Å²) >= 11 is 1.66. The Morgan fingerprint density at radius 1 is 1.31 bits per heavy atom. The van der Waals surface area contributed by atoms with Gasteiger partial charge in [-0.15, -0.1) is 11.3 Å². The van der Waals surface area contributed by atoms with Gasteiger partial charge in [0.25, 0.3) is 0 Å². The quantitative estimate of drug-likeness (QED) is 0.545.